The van der Waals surface area contributed by atoms with Gasteiger partial charge in [0.1, 0.15) is 0 Å². The summed E-state index contributed by atoms with van der Waals surface area (Å²) in [5, 5.41) is 0. The Balaban J connectivity index is 1.88. The number of hydrogen-bond donors (Lipinski definition) is 0. The molecule has 0 radical (unpaired) electrons. The Labute approximate surface area is 183 Å². The standard InChI is InChI=1S/C28H38O2/c1-7-8-9-10-23-22(16-13-20-11-14-21(15-12-20)26(29)30-6)19-24-25(23)28(4,5)18-17-27(24,2)3/h11-12,14-15,22-23H,7-10,17-19H2,1-6H3. The molecule has 0 aliphatic heterocycles. The zero-order chi connectivity index (χ0) is 21.9. The molecule has 0 amide bonds. The fraction of sp³-hybridized carbons (Fsp3) is 0.607. The summed E-state index contributed by atoms with van der Waals surface area (Å²) in [5.74, 6) is 7.78. The maximum Gasteiger partial charge on any atom is 0.337 e. The van der Waals surface area contributed by atoms with Crippen LogP contribution in [0, 0.1) is 34.5 Å². The van der Waals surface area contributed by atoms with Crippen LogP contribution in [-0.4, -0.2) is 13.1 Å². The van der Waals surface area contributed by atoms with Gasteiger partial charge < -0.3 is 4.74 Å². The summed E-state index contributed by atoms with van der Waals surface area (Å²) in [6.07, 6.45) is 8.78. The van der Waals surface area contributed by atoms with E-state index in [9.17, 15) is 4.79 Å². The van der Waals surface area contributed by atoms with Crippen LogP contribution < -0.4 is 0 Å². The third kappa shape index (κ3) is 4.66. The predicted molar refractivity (Wildman–Crippen MR) is 124 cm³/mol. The summed E-state index contributed by atoms with van der Waals surface area (Å²) in [4.78, 5) is 11.7. The smallest absolute Gasteiger partial charge is 0.337 e. The van der Waals surface area contributed by atoms with Gasteiger partial charge in [0.25, 0.3) is 0 Å². The number of carbonyl (C=O) groups excluding carboxylic acids is 1. The Morgan fingerprint density at radius 3 is 2.37 bits per heavy atom. The van der Waals surface area contributed by atoms with Crippen molar-refractivity contribution in [3.05, 3.63) is 46.5 Å². The number of carbonyl (C=O) groups is 1. The second-order valence-electron chi connectivity index (χ2n) is 10.4. The fourth-order valence-corrected chi connectivity index (χ4v) is 5.45. The van der Waals surface area contributed by atoms with Crippen molar-refractivity contribution in [1.29, 1.82) is 0 Å². The molecule has 2 unspecified atom stereocenters. The third-order valence-electron chi connectivity index (χ3n) is 7.35. The van der Waals surface area contributed by atoms with Crippen LogP contribution >= 0.6 is 0 Å². The number of unbranched alkanes of at least 4 members (excludes halogenated alkanes) is 2. The van der Waals surface area contributed by atoms with Crippen LogP contribution in [0.3, 0.4) is 0 Å². The molecule has 2 aliphatic carbocycles. The molecule has 2 heteroatoms. The molecule has 1 aromatic carbocycles. The second-order valence-corrected chi connectivity index (χ2v) is 10.4. The first-order valence-corrected chi connectivity index (χ1v) is 11.6. The monoisotopic (exact) mass is 406 g/mol. The minimum atomic E-state index is -0.303. The van der Waals surface area contributed by atoms with E-state index in [1.807, 2.05) is 12.1 Å². The van der Waals surface area contributed by atoms with E-state index in [4.69, 9.17) is 4.74 Å². The molecule has 0 fully saturated rings. The Morgan fingerprint density at radius 2 is 1.73 bits per heavy atom. The molecule has 3 rings (SSSR count). The van der Waals surface area contributed by atoms with Gasteiger partial charge in [0.15, 0.2) is 0 Å². The summed E-state index contributed by atoms with van der Waals surface area (Å²) in [6.45, 7) is 12.0. The van der Waals surface area contributed by atoms with E-state index in [1.165, 1.54) is 45.6 Å². The van der Waals surface area contributed by atoms with E-state index < -0.39 is 0 Å². The van der Waals surface area contributed by atoms with Crippen LogP contribution in [-0.2, 0) is 4.74 Å². The maximum absolute atomic E-state index is 11.7. The number of methoxy groups -OCH3 is 1. The van der Waals surface area contributed by atoms with Gasteiger partial charge in [-0.05, 0) is 66.7 Å². The Morgan fingerprint density at radius 1 is 1.07 bits per heavy atom. The number of benzene rings is 1. The van der Waals surface area contributed by atoms with Crippen LogP contribution in [0.15, 0.2) is 35.4 Å². The molecule has 30 heavy (non-hydrogen) atoms. The maximum atomic E-state index is 11.7. The lowest BCUT2D eigenvalue weighted by molar-refractivity contribution is 0.0600. The third-order valence-corrected chi connectivity index (χ3v) is 7.35. The topological polar surface area (TPSA) is 26.3 Å². The van der Waals surface area contributed by atoms with Gasteiger partial charge in [0.2, 0.25) is 0 Å². The molecule has 2 atom stereocenters. The van der Waals surface area contributed by atoms with Gasteiger partial charge in [-0.25, -0.2) is 4.79 Å². The minimum absolute atomic E-state index is 0.292. The Kier molecular flexibility index (Phi) is 6.81. The van der Waals surface area contributed by atoms with Gasteiger partial charge in [0, 0.05) is 11.5 Å². The summed E-state index contributed by atoms with van der Waals surface area (Å²) in [7, 11) is 1.41. The van der Waals surface area contributed by atoms with E-state index in [1.54, 1.807) is 23.3 Å². The van der Waals surface area contributed by atoms with E-state index in [0.717, 1.165) is 12.0 Å². The number of allylic oxidation sites excluding steroid dienone is 2. The average molecular weight is 407 g/mol. The van der Waals surface area contributed by atoms with Crippen molar-refractivity contribution in [1.82, 2.24) is 0 Å². The molecular weight excluding hydrogens is 368 g/mol. The highest BCUT2D eigenvalue weighted by molar-refractivity contribution is 5.89. The molecule has 1 aromatic rings. The first kappa shape index (κ1) is 22.7. The Hall–Kier alpha value is -2.01. The minimum Gasteiger partial charge on any atom is -0.465 e. The van der Waals surface area contributed by atoms with Gasteiger partial charge in [-0.1, -0.05) is 76.9 Å². The van der Waals surface area contributed by atoms with Crippen molar-refractivity contribution >= 4 is 5.97 Å². The van der Waals surface area contributed by atoms with Crippen molar-refractivity contribution in [3.8, 4) is 11.8 Å². The van der Waals surface area contributed by atoms with Crippen molar-refractivity contribution in [2.45, 2.75) is 79.6 Å². The molecular formula is C28H38O2. The second kappa shape index (κ2) is 9.01. The largest absolute Gasteiger partial charge is 0.465 e. The lowest BCUT2D eigenvalue weighted by Crippen LogP contribution is -2.31. The summed E-state index contributed by atoms with van der Waals surface area (Å²) < 4.78 is 4.79. The van der Waals surface area contributed by atoms with Crippen LogP contribution in [0.4, 0.5) is 0 Å². The molecule has 0 bridgehead atoms. The average Bonchev–Trinajstić information content (AvgIpc) is 3.11. The normalized spacial score (nSPS) is 24.1. The first-order chi connectivity index (χ1) is 14.2. The Bertz CT molecular complexity index is 858. The number of ether oxygens (including phenoxy) is 1. The fourth-order valence-electron chi connectivity index (χ4n) is 5.45. The molecule has 0 N–H and O–H groups in total. The van der Waals surface area contributed by atoms with E-state index in [0.29, 0.717) is 28.2 Å². The quantitative estimate of drug-likeness (QED) is 0.224. The van der Waals surface area contributed by atoms with Crippen molar-refractivity contribution in [3.63, 3.8) is 0 Å². The summed E-state index contributed by atoms with van der Waals surface area (Å²) in [5.41, 5.74) is 5.56. The lowest BCUT2D eigenvalue weighted by Gasteiger charge is -2.43. The molecule has 0 aromatic heterocycles. The van der Waals surface area contributed by atoms with Gasteiger partial charge in [-0.15, -0.1) is 0 Å². The molecule has 0 spiro atoms. The highest BCUT2D eigenvalue weighted by Gasteiger charge is 2.47. The molecule has 0 saturated heterocycles. The van der Waals surface area contributed by atoms with Crippen LogP contribution in [0.25, 0.3) is 0 Å². The van der Waals surface area contributed by atoms with Crippen molar-refractivity contribution in [2.24, 2.45) is 22.7 Å². The van der Waals surface area contributed by atoms with Gasteiger partial charge >= 0.3 is 5.97 Å². The van der Waals surface area contributed by atoms with Gasteiger partial charge in [-0.3, -0.25) is 0 Å². The highest BCUT2D eigenvalue weighted by Crippen LogP contribution is 2.59. The molecule has 2 nitrogen and oxygen atoms in total. The van der Waals surface area contributed by atoms with Gasteiger partial charge in [0.05, 0.1) is 12.7 Å². The number of hydrogen-bond acceptors (Lipinski definition) is 2. The molecule has 0 saturated carbocycles. The van der Waals surface area contributed by atoms with Crippen molar-refractivity contribution < 1.29 is 9.53 Å². The highest BCUT2D eigenvalue weighted by atomic mass is 16.5. The predicted octanol–water partition coefficient (Wildman–Crippen LogP) is 7.18. The zero-order valence-corrected chi connectivity index (χ0v) is 19.7. The van der Waals surface area contributed by atoms with Crippen molar-refractivity contribution in [2.75, 3.05) is 7.11 Å². The van der Waals surface area contributed by atoms with Crippen LogP contribution in [0.1, 0.15) is 95.5 Å². The van der Waals surface area contributed by atoms with Crippen LogP contribution in [0.5, 0.6) is 0 Å². The van der Waals surface area contributed by atoms with E-state index in [-0.39, 0.29) is 5.97 Å². The van der Waals surface area contributed by atoms with E-state index in [2.05, 4.69) is 46.5 Å². The zero-order valence-electron chi connectivity index (χ0n) is 19.7. The molecule has 0 heterocycles. The number of esters is 1. The number of rotatable bonds is 5. The SMILES string of the molecule is CCCCCC1C2=C(CC1C#Cc1ccc(C(=O)OC)cc1)C(C)(C)CCC2(C)C. The van der Waals surface area contributed by atoms with Gasteiger partial charge in [-0.2, -0.15) is 0 Å². The molecule has 2 aliphatic rings. The lowest BCUT2D eigenvalue weighted by atomic mass is 9.62. The first-order valence-electron chi connectivity index (χ1n) is 11.6. The molecule has 162 valence electrons. The summed E-state index contributed by atoms with van der Waals surface area (Å²) >= 11 is 0. The van der Waals surface area contributed by atoms with Crippen LogP contribution in [0.2, 0.25) is 0 Å². The summed E-state index contributed by atoms with van der Waals surface area (Å²) in [6, 6.07) is 7.47. The van der Waals surface area contributed by atoms with E-state index >= 15 is 0 Å².